The smallest absolute Gasteiger partial charge is 0.322 e. The van der Waals surface area contributed by atoms with Crippen LogP contribution in [0, 0.1) is 28.5 Å². The van der Waals surface area contributed by atoms with E-state index in [1.54, 1.807) is 22.9 Å². The molecule has 38 heavy (non-hydrogen) atoms. The van der Waals surface area contributed by atoms with Gasteiger partial charge in [0.15, 0.2) is 5.69 Å². The van der Waals surface area contributed by atoms with Gasteiger partial charge in [-0.2, -0.15) is 10.4 Å². The number of aromatic nitrogens is 4. The lowest BCUT2D eigenvalue weighted by molar-refractivity contribution is -0.117. The van der Waals surface area contributed by atoms with Crippen molar-refractivity contribution in [2.24, 2.45) is 11.3 Å². The molecule has 0 saturated heterocycles. The molecule has 2 aromatic heterocycles. The molecule has 0 radical (unpaired) electrons. The predicted molar refractivity (Wildman–Crippen MR) is 135 cm³/mol. The largest absolute Gasteiger partial charge is 0.406 e. The first-order chi connectivity index (χ1) is 18.1. The van der Waals surface area contributed by atoms with Gasteiger partial charge in [-0.1, -0.05) is 50.1 Å². The maximum Gasteiger partial charge on any atom is 0.322 e. The molecule has 1 fully saturated rings. The Kier molecular flexibility index (Phi) is 6.40. The van der Waals surface area contributed by atoms with Crippen molar-refractivity contribution in [3.05, 3.63) is 71.0 Å². The summed E-state index contributed by atoms with van der Waals surface area (Å²) in [5.41, 5.74) is 0.844. The van der Waals surface area contributed by atoms with Gasteiger partial charge in [-0.05, 0) is 36.5 Å². The highest BCUT2D eigenvalue weighted by Crippen LogP contribution is 2.34. The molecule has 1 aliphatic carbocycles. The second-order valence-electron chi connectivity index (χ2n) is 10.4. The number of rotatable bonds is 7. The number of carbonyl (C=O) groups excluding carboxylic acids is 2. The van der Waals surface area contributed by atoms with Gasteiger partial charge in [-0.15, -0.1) is 5.10 Å². The molecule has 2 N–H and O–H groups in total. The second kappa shape index (κ2) is 9.70. The summed E-state index contributed by atoms with van der Waals surface area (Å²) in [6.07, 6.45) is 1.68. The Bertz CT molecular complexity index is 1570. The summed E-state index contributed by atoms with van der Waals surface area (Å²) in [6.45, 7) is 5.81. The molecule has 10 nitrogen and oxygen atoms in total. The van der Waals surface area contributed by atoms with E-state index in [2.05, 4.69) is 25.9 Å². The predicted octanol–water partition coefficient (Wildman–Crippen LogP) is 4.34. The molecule has 1 aliphatic rings. The molecule has 4 aromatic rings. The highest BCUT2D eigenvalue weighted by molar-refractivity contribution is 6.05. The number of fused-ring (bicyclic) bond motifs is 1. The van der Waals surface area contributed by atoms with Crippen LogP contribution in [0.3, 0.4) is 0 Å². The molecule has 2 aromatic carbocycles. The van der Waals surface area contributed by atoms with Crippen LogP contribution < -0.4 is 10.6 Å². The van der Waals surface area contributed by atoms with Crippen LogP contribution >= 0.6 is 0 Å². The van der Waals surface area contributed by atoms with Crippen molar-refractivity contribution in [3.63, 3.8) is 0 Å². The molecule has 0 bridgehead atoms. The topological polar surface area (TPSA) is 139 Å². The van der Waals surface area contributed by atoms with Gasteiger partial charge in [0.2, 0.25) is 11.8 Å². The minimum absolute atomic E-state index is 0.0143. The SMILES string of the molecule is CC(C)(C)[C@H](NC(=O)c1nn(Cc2ccc(C#N)cc2F)c2ccccc12)c1nnc(NC(=O)C2CC2)o1. The number of hydrogen-bond acceptors (Lipinski definition) is 7. The Labute approximate surface area is 217 Å². The average Bonchev–Trinajstić information content (AvgIpc) is 3.54. The Morgan fingerprint density at radius 2 is 1.97 bits per heavy atom. The summed E-state index contributed by atoms with van der Waals surface area (Å²) in [7, 11) is 0. The second-order valence-corrected chi connectivity index (χ2v) is 10.4. The zero-order valence-corrected chi connectivity index (χ0v) is 21.2. The Hall–Kier alpha value is -4.59. The van der Waals surface area contributed by atoms with Gasteiger partial charge in [0.05, 0.1) is 23.7 Å². The first kappa shape index (κ1) is 25.1. The van der Waals surface area contributed by atoms with E-state index < -0.39 is 23.2 Å². The van der Waals surface area contributed by atoms with Gasteiger partial charge in [-0.25, -0.2) is 4.39 Å². The van der Waals surface area contributed by atoms with Crippen molar-refractivity contribution in [1.29, 1.82) is 5.26 Å². The Morgan fingerprint density at radius 3 is 2.66 bits per heavy atom. The van der Waals surface area contributed by atoms with Crippen LogP contribution in [0.5, 0.6) is 0 Å². The number of halogens is 1. The first-order valence-corrected chi connectivity index (χ1v) is 12.2. The van der Waals surface area contributed by atoms with Gasteiger partial charge < -0.3 is 9.73 Å². The summed E-state index contributed by atoms with van der Waals surface area (Å²) >= 11 is 0. The van der Waals surface area contributed by atoms with Crippen LogP contribution in [0.15, 0.2) is 46.9 Å². The molecule has 2 amide bonds. The summed E-state index contributed by atoms with van der Waals surface area (Å²) in [4.78, 5) is 25.6. The van der Waals surface area contributed by atoms with Crippen molar-refractivity contribution >= 4 is 28.7 Å². The van der Waals surface area contributed by atoms with Gasteiger partial charge >= 0.3 is 6.01 Å². The standard InChI is InChI=1S/C27H26FN7O3/c1-27(2,3)22(25-32-33-26(38-25)31-23(36)16-10-11-16)30-24(37)21-18-6-4-5-7-20(18)35(34-21)14-17-9-8-15(13-29)12-19(17)28/h4-9,12,16,22H,10-11,14H2,1-3H3,(H,30,37)(H,31,33,36)/t22-/m1/s1. The minimum atomic E-state index is -0.686. The third-order valence-corrected chi connectivity index (χ3v) is 6.38. The van der Waals surface area contributed by atoms with Gasteiger partial charge in [0.25, 0.3) is 5.91 Å². The summed E-state index contributed by atoms with van der Waals surface area (Å²) < 4.78 is 21.8. The van der Waals surface area contributed by atoms with Crippen LogP contribution in [0.1, 0.15) is 67.2 Å². The van der Waals surface area contributed by atoms with Crippen LogP contribution in [0.2, 0.25) is 0 Å². The fraction of sp³-hybridized carbons (Fsp3) is 0.333. The van der Waals surface area contributed by atoms with E-state index in [4.69, 9.17) is 9.68 Å². The Morgan fingerprint density at radius 1 is 1.21 bits per heavy atom. The number of benzene rings is 2. The molecule has 194 valence electrons. The molecule has 1 atom stereocenters. The summed E-state index contributed by atoms with van der Waals surface area (Å²) in [5, 5.41) is 27.7. The first-order valence-electron chi connectivity index (χ1n) is 12.2. The third kappa shape index (κ3) is 5.11. The van der Waals surface area contributed by atoms with Crippen molar-refractivity contribution < 1.29 is 18.4 Å². The minimum Gasteiger partial charge on any atom is -0.406 e. The third-order valence-electron chi connectivity index (χ3n) is 6.38. The van der Waals surface area contributed by atoms with Crippen LogP contribution in [0.25, 0.3) is 10.9 Å². The number of nitrogens with one attached hydrogen (secondary N) is 2. The lowest BCUT2D eigenvalue weighted by Gasteiger charge is -2.28. The van der Waals surface area contributed by atoms with Gasteiger partial charge in [0, 0.05) is 16.9 Å². The quantitative estimate of drug-likeness (QED) is 0.373. The van der Waals surface area contributed by atoms with Crippen molar-refractivity contribution in [1.82, 2.24) is 25.3 Å². The Balaban J connectivity index is 1.42. The molecular formula is C27H26FN7O3. The molecule has 2 heterocycles. The molecule has 0 unspecified atom stereocenters. The maximum absolute atomic E-state index is 14.6. The number of hydrogen-bond donors (Lipinski definition) is 2. The van der Waals surface area contributed by atoms with Crippen LogP contribution in [-0.4, -0.2) is 31.8 Å². The van der Waals surface area contributed by atoms with E-state index in [9.17, 15) is 14.0 Å². The maximum atomic E-state index is 14.6. The number of nitrogens with zero attached hydrogens (tertiary/aromatic N) is 5. The van der Waals surface area contributed by atoms with Crippen LogP contribution in [0.4, 0.5) is 10.4 Å². The number of nitriles is 1. The lowest BCUT2D eigenvalue weighted by atomic mass is 9.86. The van der Waals surface area contributed by atoms with E-state index >= 15 is 0 Å². The molecule has 0 aliphatic heterocycles. The fourth-order valence-electron chi connectivity index (χ4n) is 4.12. The van der Waals surface area contributed by atoms with E-state index in [-0.39, 0.29) is 41.5 Å². The highest BCUT2D eigenvalue weighted by atomic mass is 19.1. The van der Waals surface area contributed by atoms with E-state index in [1.165, 1.54) is 18.2 Å². The molecule has 5 rings (SSSR count). The lowest BCUT2D eigenvalue weighted by Crippen LogP contribution is -2.37. The average molecular weight is 516 g/mol. The van der Waals surface area contributed by atoms with E-state index in [0.717, 1.165) is 12.8 Å². The van der Waals surface area contributed by atoms with Crippen LogP contribution in [-0.2, 0) is 11.3 Å². The van der Waals surface area contributed by atoms with E-state index in [0.29, 0.717) is 16.5 Å². The molecule has 1 saturated carbocycles. The van der Waals surface area contributed by atoms with Gasteiger partial charge in [0.1, 0.15) is 11.9 Å². The van der Waals surface area contributed by atoms with Gasteiger partial charge in [-0.3, -0.25) is 19.6 Å². The van der Waals surface area contributed by atoms with Crippen molar-refractivity contribution in [3.8, 4) is 6.07 Å². The molecule has 0 spiro atoms. The monoisotopic (exact) mass is 515 g/mol. The molecule has 11 heteroatoms. The zero-order valence-electron chi connectivity index (χ0n) is 21.2. The summed E-state index contributed by atoms with van der Waals surface area (Å²) in [6, 6.07) is 12.6. The number of para-hydroxylation sites is 1. The highest BCUT2D eigenvalue weighted by Gasteiger charge is 2.35. The van der Waals surface area contributed by atoms with Crippen molar-refractivity contribution in [2.75, 3.05) is 5.32 Å². The van der Waals surface area contributed by atoms with Crippen molar-refractivity contribution in [2.45, 2.75) is 46.2 Å². The normalized spacial score (nSPS) is 14.2. The number of anilines is 1. The number of carbonyl (C=O) groups is 2. The summed E-state index contributed by atoms with van der Waals surface area (Å²) in [5.74, 6) is -1.03. The van der Waals surface area contributed by atoms with E-state index in [1.807, 2.05) is 32.9 Å². The number of amides is 2. The zero-order chi connectivity index (χ0) is 27.0. The fourth-order valence-corrected chi connectivity index (χ4v) is 4.12. The molecular weight excluding hydrogens is 489 g/mol.